The average molecular weight is 115 g/mol. The third kappa shape index (κ3) is 1.30. The van der Waals surface area contributed by atoms with Gasteiger partial charge >= 0.3 is 0 Å². The largest absolute Gasteiger partial charge is 0.310 e. The predicted molar refractivity (Wildman–Crippen MR) is 31.5 cm³/mol. The van der Waals surface area contributed by atoms with Crippen LogP contribution in [0.3, 0.4) is 0 Å². The zero-order valence-corrected chi connectivity index (χ0v) is 4.78. The van der Waals surface area contributed by atoms with Crippen LogP contribution in [-0.4, -0.2) is 19.3 Å². The maximum atomic E-state index is 12.3. The van der Waals surface area contributed by atoms with Crippen LogP contribution in [-0.2, 0) is 0 Å². The Kier molecular flexibility index (Phi) is 1.63. The third-order valence-corrected chi connectivity index (χ3v) is 1.25. The van der Waals surface area contributed by atoms with Gasteiger partial charge in [0.15, 0.2) is 0 Å². The molecule has 1 atom stereocenters. The fraction of sp³-hybridized carbons (Fsp3) is 0.667. The summed E-state index contributed by atoms with van der Waals surface area (Å²) >= 11 is 0. The van der Waals surface area contributed by atoms with Gasteiger partial charge < -0.3 is 5.32 Å². The van der Waals surface area contributed by atoms with Gasteiger partial charge in [-0.1, -0.05) is 12.2 Å². The van der Waals surface area contributed by atoms with Crippen molar-refractivity contribution in [1.82, 2.24) is 5.32 Å². The number of hydrogen-bond donors (Lipinski definition) is 1. The molecule has 8 heavy (non-hydrogen) atoms. The van der Waals surface area contributed by atoms with E-state index in [2.05, 4.69) is 11.9 Å². The van der Waals surface area contributed by atoms with E-state index < -0.39 is 6.17 Å². The van der Waals surface area contributed by atoms with Gasteiger partial charge in [-0.3, -0.25) is 0 Å². The van der Waals surface area contributed by atoms with Crippen LogP contribution >= 0.6 is 0 Å². The Morgan fingerprint density at radius 2 is 2.50 bits per heavy atom. The minimum Gasteiger partial charge on any atom is -0.310 e. The molecule has 46 valence electrons. The van der Waals surface area contributed by atoms with Crippen LogP contribution in [0.1, 0.15) is 6.42 Å². The van der Waals surface area contributed by atoms with Crippen LogP contribution in [0, 0.1) is 0 Å². The quantitative estimate of drug-likeness (QED) is 0.462. The second-order valence-corrected chi connectivity index (χ2v) is 2.18. The molecule has 1 rings (SSSR count). The SMILES string of the molecule is C=C1CNCC(F)C1. The van der Waals surface area contributed by atoms with Crippen molar-refractivity contribution in [3.8, 4) is 0 Å². The summed E-state index contributed by atoms with van der Waals surface area (Å²) in [6.45, 7) is 4.95. The maximum Gasteiger partial charge on any atom is 0.116 e. The van der Waals surface area contributed by atoms with Crippen molar-refractivity contribution < 1.29 is 4.39 Å². The molecule has 0 spiro atoms. The molecule has 1 heterocycles. The highest BCUT2D eigenvalue weighted by molar-refractivity contribution is 5.02. The van der Waals surface area contributed by atoms with Crippen LogP contribution in [0.15, 0.2) is 12.2 Å². The summed E-state index contributed by atoms with van der Waals surface area (Å²) in [5, 5.41) is 2.91. The lowest BCUT2D eigenvalue weighted by atomic mass is 10.1. The van der Waals surface area contributed by atoms with E-state index in [-0.39, 0.29) is 0 Å². The van der Waals surface area contributed by atoms with Crippen molar-refractivity contribution in [2.45, 2.75) is 12.6 Å². The minimum atomic E-state index is -0.698. The number of nitrogens with one attached hydrogen (secondary N) is 1. The number of rotatable bonds is 0. The first-order chi connectivity index (χ1) is 3.79. The molecule has 2 heteroatoms. The van der Waals surface area contributed by atoms with Crippen LogP contribution in [0.5, 0.6) is 0 Å². The molecule has 1 N–H and O–H groups in total. The molecular weight excluding hydrogens is 105 g/mol. The van der Waals surface area contributed by atoms with Gasteiger partial charge in [-0.2, -0.15) is 0 Å². The zero-order chi connectivity index (χ0) is 5.98. The Bertz CT molecular complexity index is 101. The number of alkyl halides is 1. The molecule has 0 amide bonds. The first-order valence-electron chi connectivity index (χ1n) is 2.80. The van der Waals surface area contributed by atoms with E-state index in [9.17, 15) is 4.39 Å². The first-order valence-corrected chi connectivity index (χ1v) is 2.80. The van der Waals surface area contributed by atoms with E-state index in [4.69, 9.17) is 0 Å². The standard InChI is InChI=1S/C6H10FN/c1-5-2-6(7)4-8-3-5/h6,8H,1-4H2. The van der Waals surface area contributed by atoms with Gasteiger partial charge in [-0.25, -0.2) is 4.39 Å². The second kappa shape index (κ2) is 2.27. The van der Waals surface area contributed by atoms with E-state index in [0.717, 1.165) is 12.1 Å². The van der Waals surface area contributed by atoms with Crippen LogP contribution in [0.2, 0.25) is 0 Å². The van der Waals surface area contributed by atoms with Gasteiger partial charge in [-0.15, -0.1) is 0 Å². The molecule has 1 saturated heterocycles. The van der Waals surface area contributed by atoms with Gasteiger partial charge in [-0.05, 0) is 0 Å². The fourth-order valence-electron chi connectivity index (χ4n) is 0.863. The molecule has 1 aliphatic rings. The van der Waals surface area contributed by atoms with E-state index in [0.29, 0.717) is 13.0 Å². The monoisotopic (exact) mass is 115 g/mol. The van der Waals surface area contributed by atoms with E-state index >= 15 is 0 Å². The number of piperidine rings is 1. The van der Waals surface area contributed by atoms with Gasteiger partial charge in [0.2, 0.25) is 0 Å². The lowest BCUT2D eigenvalue weighted by Gasteiger charge is -2.17. The molecule has 0 aromatic rings. The minimum absolute atomic E-state index is 0.499. The van der Waals surface area contributed by atoms with E-state index in [1.165, 1.54) is 0 Å². The van der Waals surface area contributed by atoms with Gasteiger partial charge in [0, 0.05) is 19.5 Å². The van der Waals surface area contributed by atoms with Crippen molar-refractivity contribution >= 4 is 0 Å². The summed E-state index contributed by atoms with van der Waals surface area (Å²) in [5.74, 6) is 0. The van der Waals surface area contributed by atoms with Crippen molar-refractivity contribution in [3.05, 3.63) is 12.2 Å². The summed E-state index contributed by atoms with van der Waals surface area (Å²) in [6.07, 6.45) is -0.149. The molecular formula is C6H10FN. The normalized spacial score (nSPS) is 30.6. The highest BCUT2D eigenvalue weighted by Crippen LogP contribution is 2.08. The summed E-state index contributed by atoms with van der Waals surface area (Å²) < 4.78 is 12.3. The highest BCUT2D eigenvalue weighted by atomic mass is 19.1. The van der Waals surface area contributed by atoms with Crippen molar-refractivity contribution in [2.24, 2.45) is 0 Å². The highest BCUT2D eigenvalue weighted by Gasteiger charge is 2.12. The molecule has 0 saturated carbocycles. The van der Waals surface area contributed by atoms with Gasteiger partial charge in [0.1, 0.15) is 6.17 Å². The zero-order valence-electron chi connectivity index (χ0n) is 4.78. The summed E-state index contributed by atoms with van der Waals surface area (Å²) in [7, 11) is 0. The molecule has 0 aromatic carbocycles. The number of halogens is 1. The third-order valence-electron chi connectivity index (χ3n) is 1.25. The van der Waals surface area contributed by atoms with Gasteiger partial charge in [0.05, 0.1) is 0 Å². The fourth-order valence-corrected chi connectivity index (χ4v) is 0.863. The Hall–Kier alpha value is -0.370. The lowest BCUT2D eigenvalue weighted by molar-refractivity contribution is 0.299. The molecule has 1 aliphatic heterocycles. The van der Waals surface area contributed by atoms with Gasteiger partial charge in [0.25, 0.3) is 0 Å². The van der Waals surface area contributed by atoms with Crippen LogP contribution in [0.4, 0.5) is 4.39 Å². The topological polar surface area (TPSA) is 12.0 Å². The Morgan fingerprint density at radius 1 is 1.75 bits per heavy atom. The Balaban J connectivity index is 2.34. The lowest BCUT2D eigenvalue weighted by Crippen LogP contribution is -2.32. The summed E-state index contributed by atoms with van der Waals surface area (Å²) in [6, 6.07) is 0. The Morgan fingerprint density at radius 3 is 2.88 bits per heavy atom. The van der Waals surface area contributed by atoms with E-state index in [1.807, 2.05) is 0 Å². The summed E-state index contributed by atoms with van der Waals surface area (Å²) in [4.78, 5) is 0. The molecule has 0 aromatic heterocycles. The molecule has 0 bridgehead atoms. The number of hydrogen-bond acceptors (Lipinski definition) is 1. The molecule has 0 aliphatic carbocycles. The second-order valence-electron chi connectivity index (χ2n) is 2.18. The molecule has 0 radical (unpaired) electrons. The first kappa shape index (κ1) is 5.76. The average Bonchev–Trinajstić information content (AvgIpc) is 1.64. The van der Waals surface area contributed by atoms with Crippen molar-refractivity contribution in [1.29, 1.82) is 0 Å². The van der Waals surface area contributed by atoms with Crippen LogP contribution < -0.4 is 5.32 Å². The van der Waals surface area contributed by atoms with Crippen molar-refractivity contribution in [2.75, 3.05) is 13.1 Å². The maximum absolute atomic E-state index is 12.3. The predicted octanol–water partition coefficient (Wildman–Crippen LogP) is 0.874. The molecule has 1 unspecified atom stereocenters. The van der Waals surface area contributed by atoms with E-state index in [1.54, 1.807) is 0 Å². The summed E-state index contributed by atoms with van der Waals surface area (Å²) in [5.41, 5.74) is 0.976. The van der Waals surface area contributed by atoms with Crippen molar-refractivity contribution in [3.63, 3.8) is 0 Å². The molecule has 1 fully saturated rings. The van der Waals surface area contributed by atoms with Crippen LogP contribution in [0.25, 0.3) is 0 Å². The smallest absolute Gasteiger partial charge is 0.116 e. The Labute approximate surface area is 48.6 Å². The molecule has 1 nitrogen and oxygen atoms in total.